The van der Waals surface area contributed by atoms with Gasteiger partial charge in [0.25, 0.3) is 0 Å². The van der Waals surface area contributed by atoms with E-state index in [0.717, 1.165) is 13.1 Å². The average Bonchev–Trinajstić information content (AvgIpc) is 2.53. The summed E-state index contributed by atoms with van der Waals surface area (Å²) in [6.45, 7) is 7.15. The molecule has 2 N–H and O–H groups in total. The fourth-order valence-corrected chi connectivity index (χ4v) is 2.60. The van der Waals surface area contributed by atoms with Crippen LogP contribution in [0.3, 0.4) is 0 Å². The van der Waals surface area contributed by atoms with Crippen LogP contribution in [0.5, 0.6) is 0 Å². The minimum atomic E-state index is 0.386. The molecule has 0 amide bonds. The van der Waals surface area contributed by atoms with E-state index in [1.165, 1.54) is 11.1 Å². The molecular formula is C19H26N2. The highest BCUT2D eigenvalue weighted by molar-refractivity contribution is 5.21. The summed E-state index contributed by atoms with van der Waals surface area (Å²) in [6, 6.07) is 21.8. The van der Waals surface area contributed by atoms with Crippen LogP contribution in [0.4, 0.5) is 0 Å². The maximum absolute atomic E-state index is 6.02. The van der Waals surface area contributed by atoms with Crippen molar-refractivity contribution in [2.24, 2.45) is 5.73 Å². The molecule has 2 heteroatoms. The predicted octanol–water partition coefficient (Wildman–Crippen LogP) is 3.64. The first-order chi connectivity index (χ1) is 10.2. The first-order valence-electron chi connectivity index (χ1n) is 7.73. The van der Waals surface area contributed by atoms with E-state index in [-0.39, 0.29) is 0 Å². The third-order valence-electron chi connectivity index (χ3n) is 3.97. The van der Waals surface area contributed by atoms with E-state index < -0.39 is 0 Å². The molecule has 0 aliphatic rings. The largest absolute Gasteiger partial charge is 0.330 e. The van der Waals surface area contributed by atoms with E-state index in [0.29, 0.717) is 18.5 Å². The third-order valence-corrected chi connectivity index (χ3v) is 3.97. The van der Waals surface area contributed by atoms with Crippen molar-refractivity contribution in [2.75, 3.05) is 13.1 Å². The highest BCUT2D eigenvalue weighted by Crippen LogP contribution is 2.18. The second-order valence-corrected chi connectivity index (χ2v) is 5.85. The maximum Gasteiger partial charge on any atom is 0.0236 e. The van der Waals surface area contributed by atoms with E-state index in [1.54, 1.807) is 0 Å². The average molecular weight is 282 g/mol. The zero-order valence-electron chi connectivity index (χ0n) is 13.1. The monoisotopic (exact) mass is 282 g/mol. The molecule has 0 heterocycles. The molecule has 0 aromatic heterocycles. The highest BCUT2D eigenvalue weighted by Gasteiger charge is 2.17. The number of benzene rings is 2. The zero-order valence-corrected chi connectivity index (χ0v) is 13.1. The lowest BCUT2D eigenvalue weighted by Crippen LogP contribution is -2.36. The number of hydrogen-bond donors (Lipinski definition) is 1. The van der Waals surface area contributed by atoms with E-state index >= 15 is 0 Å². The van der Waals surface area contributed by atoms with Gasteiger partial charge >= 0.3 is 0 Å². The summed E-state index contributed by atoms with van der Waals surface area (Å²) in [5, 5.41) is 0. The summed E-state index contributed by atoms with van der Waals surface area (Å²) in [6.07, 6.45) is 0. The van der Waals surface area contributed by atoms with Crippen molar-refractivity contribution < 1.29 is 0 Å². The summed E-state index contributed by atoms with van der Waals surface area (Å²) in [5.41, 5.74) is 8.71. The van der Waals surface area contributed by atoms with Gasteiger partial charge in [0, 0.05) is 31.6 Å². The third kappa shape index (κ3) is 4.69. The number of hydrogen-bond acceptors (Lipinski definition) is 2. The van der Waals surface area contributed by atoms with E-state index in [1.807, 2.05) is 0 Å². The topological polar surface area (TPSA) is 29.3 Å². The SMILES string of the molecule is CC(C)N(Cc1ccccc1)CC(CN)c1ccccc1. The molecule has 2 rings (SSSR count). The molecule has 0 bridgehead atoms. The van der Waals surface area contributed by atoms with Crippen LogP contribution in [0.1, 0.15) is 30.9 Å². The molecule has 2 aromatic rings. The molecule has 0 aliphatic carbocycles. The van der Waals surface area contributed by atoms with Crippen LogP contribution < -0.4 is 5.73 Å². The van der Waals surface area contributed by atoms with E-state index in [4.69, 9.17) is 5.73 Å². The van der Waals surface area contributed by atoms with Crippen molar-refractivity contribution in [2.45, 2.75) is 32.4 Å². The number of rotatable bonds is 7. The lowest BCUT2D eigenvalue weighted by Gasteiger charge is -2.30. The molecule has 0 radical (unpaired) electrons. The molecular weight excluding hydrogens is 256 g/mol. The van der Waals surface area contributed by atoms with Gasteiger partial charge in [-0.05, 0) is 25.0 Å². The Kier molecular flexibility index (Phi) is 5.97. The summed E-state index contributed by atoms with van der Waals surface area (Å²) in [5.74, 6) is 0.386. The Morgan fingerprint density at radius 1 is 0.905 bits per heavy atom. The Hall–Kier alpha value is -1.64. The standard InChI is InChI=1S/C19H26N2/c1-16(2)21(14-17-9-5-3-6-10-17)15-19(13-20)18-11-7-4-8-12-18/h3-12,16,19H,13-15,20H2,1-2H3. The molecule has 0 spiro atoms. The van der Waals surface area contributed by atoms with Gasteiger partial charge in [-0.25, -0.2) is 0 Å². The minimum absolute atomic E-state index is 0.386. The Labute approximate surface area is 128 Å². The lowest BCUT2D eigenvalue weighted by atomic mass is 9.98. The van der Waals surface area contributed by atoms with Crippen LogP contribution in [0.2, 0.25) is 0 Å². The molecule has 1 unspecified atom stereocenters. The number of nitrogens with zero attached hydrogens (tertiary/aromatic N) is 1. The van der Waals surface area contributed by atoms with Crippen molar-refractivity contribution in [1.82, 2.24) is 4.90 Å². The van der Waals surface area contributed by atoms with Gasteiger partial charge in [-0.15, -0.1) is 0 Å². The van der Waals surface area contributed by atoms with Gasteiger partial charge < -0.3 is 5.73 Å². The molecule has 0 aliphatic heterocycles. The molecule has 112 valence electrons. The quantitative estimate of drug-likeness (QED) is 0.840. The predicted molar refractivity (Wildman–Crippen MR) is 90.2 cm³/mol. The fraction of sp³-hybridized carbons (Fsp3) is 0.368. The van der Waals surface area contributed by atoms with Gasteiger partial charge in [-0.1, -0.05) is 60.7 Å². The molecule has 2 nitrogen and oxygen atoms in total. The van der Waals surface area contributed by atoms with Crippen molar-refractivity contribution >= 4 is 0 Å². The van der Waals surface area contributed by atoms with Crippen LogP contribution in [0.25, 0.3) is 0 Å². The summed E-state index contributed by atoms with van der Waals surface area (Å²) in [4.78, 5) is 2.50. The summed E-state index contributed by atoms with van der Waals surface area (Å²) in [7, 11) is 0. The van der Waals surface area contributed by atoms with Crippen LogP contribution in [-0.2, 0) is 6.54 Å². The van der Waals surface area contributed by atoms with Gasteiger partial charge in [-0.3, -0.25) is 4.90 Å². The van der Waals surface area contributed by atoms with E-state index in [9.17, 15) is 0 Å². The number of nitrogens with two attached hydrogens (primary N) is 1. The molecule has 0 saturated heterocycles. The van der Waals surface area contributed by atoms with Gasteiger partial charge in [0.2, 0.25) is 0 Å². The maximum atomic E-state index is 6.02. The highest BCUT2D eigenvalue weighted by atomic mass is 15.1. The molecule has 1 atom stereocenters. The normalized spacial score (nSPS) is 12.8. The van der Waals surface area contributed by atoms with Crippen molar-refractivity contribution in [1.29, 1.82) is 0 Å². The van der Waals surface area contributed by atoms with Gasteiger partial charge in [0.1, 0.15) is 0 Å². The van der Waals surface area contributed by atoms with Crippen LogP contribution in [0, 0.1) is 0 Å². The Morgan fingerprint density at radius 2 is 1.48 bits per heavy atom. The van der Waals surface area contributed by atoms with Crippen molar-refractivity contribution in [3.8, 4) is 0 Å². The Balaban J connectivity index is 2.08. The zero-order chi connectivity index (χ0) is 15.1. The first kappa shape index (κ1) is 15.7. The fourth-order valence-electron chi connectivity index (χ4n) is 2.60. The molecule has 2 aromatic carbocycles. The van der Waals surface area contributed by atoms with Gasteiger partial charge in [0.05, 0.1) is 0 Å². The molecule has 0 saturated carbocycles. The van der Waals surface area contributed by atoms with Crippen LogP contribution >= 0.6 is 0 Å². The second kappa shape index (κ2) is 7.96. The van der Waals surface area contributed by atoms with Crippen molar-refractivity contribution in [3.05, 3.63) is 71.8 Å². The van der Waals surface area contributed by atoms with Gasteiger partial charge in [0.15, 0.2) is 0 Å². The Bertz CT molecular complexity index is 508. The minimum Gasteiger partial charge on any atom is -0.330 e. The second-order valence-electron chi connectivity index (χ2n) is 5.85. The summed E-state index contributed by atoms with van der Waals surface area (Å²) < 4.78 is 0. The van der Waals surface area contributed by atoms with Crippen LogP contribution in [0.15, 0.2) is 60.7 Å². The first-order valence-corrected chi connectivity index (χ1v) is 7.73. The van der Waals surface area contributed by atoms with E-state index in [2.05, 4.69) is 79.4 Å². The molecule has 21 heavy (non-hydrogen) atoms. The summed E-state index contributed by atoms with van der Waals surface area (Å²) >= 11 is 0. The molecule has 0 fully saturated rings. The smallest absolute Gasteiger partial charge is 0.0236 e. The van der Waals surface area contributed by atoms with Gasteiger partial charge in [-0.2, -0.15) is 0 Å². The van der Waals surface area contributed by atoms with Crippen molar-refractivity contribution in [3.63, 3.8) is 0 Å². The lowest BCUT2D eigenvalue weighted by molar-refractivity contribution is 0.200. The Morgan fingerprint density at radius 3 is 2.00 bits per heavy atom. The van der Waals surface area contributed by atoms with Crippen LogP contribution in [-0.4, -0.2) is 24.0 Å².